The molecule has 19 heavy (non-hydrogen) atoms. The lowest BCUT2D eigenvalue weighted by Crippen LogP contribution is -2.42. The Bertz CT molecular complexity index is 396. The minimum absolute atomic E-state index is 0.0787. The topological polar surface area (TPSA) is 30.5 Å². The maximum atomic E-state index is 5.73. The Morgan fingerprint density at radius 2 is 2.16 bits per heavy atom. The number of methoxy groups -OCH3 is 1. The lowest BCUT2D eigenvalue weighted by atomic mass is 9.74. The molecule has 0 bridgehead atoms. The zero-order valence-electron chi connectivity index (χ0n) is 12.2. The fourth-order valence-electron chi connectivity index (χ4n) is 2.81. The van der Waals surface area contributed by atoms with E-state index in [9.17, 15) is 0 Å². The van der Waals surface area contributed by atoms with Crippen LogP contribution in [0.1, 0.15) is 44.2 Å². The fourth-order valence-corrected chi connectivity index (χ4v) is 2.81. The highest BCUT2D eigenvalue weighted by Gasteiger charge is 2.39. The number of benzene rings is 1. The number of nitrogens with one attached hydrogen (secondary N) is 1. The molecule has 0 amide bonds. The first-order valence-corrected chi connectivity index (χ1v) is 7.18. The van der Waals surface area contributed by atoms with Crippen molar-refractivity contribution in [2.45, 2.75) is 44.2 Å². The molecule has 1 fully saturated rings. The summed E-state index contributed by atoms with van der Waals surface area (Å²) in [5.74, 6) is 0.945. The molecule has 3 heteroatoms. The fraction of sp³-hybridized carbons (Fsp3) is 0.625. The van der Waals surface area contributed by atoms with Crippen LogP contribution in [0.4, 0.5) is 0 Å². The van der Waals surface area contributed by atoms with Crippen LogP contribution in [0.2, 0.25) is 0 Å². The number of hydrogen-bond donors (Lipinski definition) is 1. The molecular weight excluding hydrogens is 238 g/mol. The van der Waals surface area contributed by atoms with Crippen LogP contribution in [0.25, 0.3) is 0 Å². The number of rotatable bonds is 7. The van der Waals surface area contributed by atoms with Crippen LogP contribution in [0.5, 0.6) is 5.75 Å². The van der Waals surface area contributed by atoms with Crippen LogP contribution in [0, 0.1) is 0 Å². The van der Waals surface area contributed by atoms with Gasteiger partial charge in [-0.25, -0.2) is 0 Å². The highest BCUT2D eigenvalue weighted by molar-refractivity contribution is 5.31. The molecule has 1 aromatic rings. The Balaban J connectivity index is 2.10. The van der Waals surface area contributed by atoms with E-state index in [0.29, 0.717) is 12.6 Å². The molecule has 3 nitrogen and oxygen atoms in total. The minimum atomic E-state index is 0.0787. The van der Waals surface area contributed by atoms with Crippen LogP contribution in [-0.2, 0) is 4.74 Å². The van der Waals surface area contributed by atoms with Crippen LogP contribution in [-0.4, -0.2) is 26.4 Å². The first-order valence-electron chi connectivity index (χ1n) is 7.18. The van der Waals surface area contributed by atoms with E-state index in [1.165, 1.54) is 24.8 Å². The highest BCUT2D eigenvalue weighted by Crippen LogP contribution is 2.42. The van der Waals surface area contributed by atoms with Gasteiger partial charge in [0.1, 0.15) is 5.75 Å². The number of hydrogen-bond acceptors (Lipinski definition) is 3. The largest absolute Gasteiger partial charge is 0.494 e. The van der Waals surface area contributed by atoms with Crippen LogP contribution in [0.15, 0.2) is 24.3 Å². The molecule has 1 saturated carbocycles. The molecule has 0 aromatic heterocycles. The average molecular weight is 263 g/mol. The molecule has 106 valence electrons. The van der Waals surface area contributed by atoms with E-state index in [-0.39, 0.29) is 5.60 Å². The standard InChI is InChI=1S/C16H25NO2/c1-4-19-14-8-5-7-13(11-14)15(17-2)12-16(18-3)9-6-10-16/h5,7-8,11,15,17H,4,6,9-10,12H2,1-3H3. The Morgan fingerprint density at radius 1 is 1.37 bits per heavy atom. The zero-order chi connectivity index (χ0) is 13.7. The third-order valence-electron chi connectivity index (χ3n) is 4.19. The summed E-state index contributed by atoms with van der Waals surface area (Å²) in [5, 5.41) is 3.41. The Hall–Kier alpha value is -1.06. The van der Waals surface area contributed by atoms with Crippen LogP contribution < -0.4 is 10.1 Å². The van der Waals surface area contributed by atoms with Gasteiger partial charge >= 0.3 is 0 Å². The smallest absolute Gasteiger partial charge is 0.119 e. The Kier molecular flexibility index (Phi) is 4.83. The maximum Gasteiger partial charge on any atom is 0.119 e. The molecule has 0 radical (unpaired) electrons. The monoisotopic (exact) mass is 263 g/mol. The summed E-state index contributed by atoms with van der Waals surface area (Å²) < 4.78 is 11.3. The summed E-state index contributed by atoms with van der Waals surface area (Å²) in [7, 11) is 3.85. The molecule has 1 N–H and O–H groups in total. The Morgan fingerprint density at radius 3 is 2.68 bits per heavy atom. The molecule has 1 aliphatic carbocycles. The molecule has 0 saturated heterocycles. The predicted molar refractivity (Wildman–Crippen MR) is 77.6 cm³/mol. The van der Waals surface area contributed by atoms with E-state index in [1.54, 1.807) is 0 Å². The van der Waals surface area contributed by atoms with Crippen molar-refractivity contribution in [2.75, 3.05) is 20.8 Å². The second-order valence-corrected chi connectivity index (χ2v) is 5.29. The van der Waals surface area contributed by atoms with Gasteiger partial charge in [-0.15, -0.1) is 0 Å². The highest BCUT2D eigenvalue weighted by atomic mass is 16.5. The van der Waals surface area contributed by atoms with Crippen molar-refractivity contribution in [3.05, 3.63) is 29.8 Å². The van der Waals surface area contributed by atoms with E-state index in [1.807, 2.05) is 27.1 Å². The molecule has 1 aliphatic rings. The first-order chi connectivity index (χ1) is 9.23. The molecule has 1 unspecified atom stereocenters. The quantitative estimate of drug-likeness (QED) is 0.818. The molecule has 2 rings (SSSR count). The van der Waals surface area contributed by atoms with Gasteiger partial charge < -0.3 is 14.8 Å². The van der Waals surface area contributed by atoms with Gasteiger partial charge in [-0.2, -0.15) is 0 Å². The third kappa shape index (κ3) is 3.28. The van der Waals surface area contributed by atoms with E-state index in [2.05, 4.69) is 23.5 Å². The SMILES string of the molecule is CCOc1cccc(C(CC2(OC)CCC2)NC)c1. The normalized spacial score (nSPS) is 18.7. The van der Waals surface area contributed by atoms with Crippen molar-refractivity contribution in [1.82, 2.24) is 5.32 Å². The van der Waals surface area contributed by atoms with Gasteiger partial charge in [-0.05, 0) is 57.4 Å². The van der Waals surface area contributed by atoms with Crippen LogP contribution in [0.3, 0.4) is 0 Å². The molecule has 1 aromatic carbocycles. The Labute approximate surface area is 116 Å². The molecular formula is C16H25NO2. The summed E-state index contributed by atoms with van der Waals surface area (Å²) in [6.45, 7) is 2.71. The van der Waals surface area contributed by atoms with Crippen molar-refractivity contribution in [3.63, 3.8) is 0 Å². The second kappa shape index (κ2) is 6.40. The van der Waals surface area contributed by atoms with E-state index < -0.39 is 0 Å². The van der Waals surface area contributed by atoms with Crippen molar-refractivity contribution in [3.8, 4) is 5.75 Å². The van der Waals surface area contributed by atoms with E-state index in [4.69, 9.17) is 9.47 Å². The van der Waals surface area contributed by atoms with Gasteiger partial charge in [-0.1, -0.05) is 12.1 Å². The predicted octanol–water partition coefficient (Wildman–Crippen LogP) is 3.31. The maximum absolute atomic E-state index is 5.73. The lowest BCUT2D eigenvalue weighted by molar-refractivity contribution is -0.0834. The van der Waals surface area contributed by atoms with Gasteiger partial charge in [0.25, 0.3) is 0 Å². The van der Waals surface area contributed by atoms with Crippen molar-refractivity contribution < 1.29 is 9.47 Å². The van der Waals surface area contributed by atoms with E-state index in [0.717, 1.165) is 12.2 Å². The van der Waals surface area contributed by atoms with Crippen molar-refractivity contribution in [1.29, 1.82) is 0 Å². The summed E-state index contributed by atoms with van der Waals surface area (Å²) in [6, 6.07) is 8.68. The number of ether oxygens (including phenoxy) is 2. The summed E-state index contributed by atoms with van der Waals surface area (Å²) in [5.41, 5.74) is 1.35. The van der Waals surface area contributed by atoms with Crippen LogP contribution >= 0.6 is 0 Å². The summed E-state index contributed by atoms with van der Waals surface area (Å²) >= 11 is 0. The molecule has 0 spiro atoms. The van der Waals surface area contributed by atoms with Gasteiger partial charge in [0.15, 0.2) is 0 Å². The second-order valence-electron chi connectivity index (χ2n) is 5.29. The van der Waals surface area contributed by atoms with Gasteiger partial charge in [-0.3, -0.25) is 0 Å². The lowest BCUT2D eigenvalue weighted by Gasteiger charge is -2.43. The molecule has 0 heterocycles. The summed E-state index contributed by atoms with van der Waals surface area (Å²) in [6.07, 6.45) is 4.65. The van der Waals surface area contributed by atoms with Crippen molar-refractivity contribution in [2.24, 2.45) is 0 Å². The first kappa shape index (κ1) is 14.4. The third-order valence-corrected chi connectivity index (χ3v) is 4.19. The van der Waals surface area contributed by atoms with Gasteiger partial charge in [0.05, 0.1) is 12.2 Å². The molecule has 1 atom stereocenters. The minimum Gasteiger partial charge on any atom is -0.494 e. The molecule has 0 aliphatic heterocycles. The van der Waals surface area contributed by atoms with E-state index >= 15 is 0 Å². The van der Waals surface area contributed by atoms with Gasteiger partial charge in [0, 0.05) is 13.2 Å². The average Bonchev–Trinajstić information content (AvgIpc) is 2.39. The zero-order valence-corrected chi connectivity index (χ0v) is 12.2. The van der Waals surface area contributed by atoms with Crippen molar-refractivity contribution >= 4 is 0 Å². The summed E-state index contributed by atoms with van der Waals surface area (Å²) in [4.78, 5) is 0. The van der Waals surface area contributed by atoms with Gasteiger partial charge in [0.2, 0.25) is 0 Å².